The van der Waals surface area contributed by atoms with E-state index in [1.54, 1.807) is 0 Å². The summed E-state index contributed by atoms with van der Waals surface area (Å²) in [7, 11) is 0. The maximum Gasteiger partial charge on any atom is 0.303 e. The summed E-state index contributed by atoms with van der Waals surface area (Å²) in [5.74, 6) is 1.38. The van der Waals surface area contributed by atoms with Crippen LogP contribution in [-0.4, -0.2) is 34.8 Å². The van der Waals surface area contributed by atoms with Gasteiger partial charge in [-0.1, -0.05) is 0 Å². The van der Waals surface area contributed by atoms with E-state index in [2.05, 4.69) is 6.92 Å². The standard InChI is InChI=1S/C12H20O3S/c1-9-2-3-10(15-9)7-16-8-12(4-5-12)6-11(13)14/h9-10H,2-8H2,1H3,(H,13,14). The average Bonchev–Trinajstić information content (AvgIpc) is 2.80. The molecule has 1 N–H and O–H groups in total. The highest BCUT2D eigenvalue weighted by atomic mass is 32.2. The topological polar surface area (TPSA) is 46.5 Å². The molecule has 92 valence electrons. The van der Waals surface area contributed by atoms with Gasteiger partial charge in [0.05, 0.1) is 18.6 Å². The number of thioether (sulfide) groups is 1. The number of carboxylic acid groups (broad SMARTS) is 1. The van der Waals surface area contributed by atoms with E-state index in [-0.39, 0.29) is 5.41 Å². The Morgan fingerprint density at radius 1 is 1.50 bits per heavy atom. The van der Waals surface area contributed by atoms with Crippen molar-refractivity contribution in [3.63, 3.8) is 0 Å². The quantitative estimate of drug-likeness (QED) is 0.780. The van der Waals surface area contributed by atoms with Crippen LogP contribution in [0.15, 0.2) is 0 Å². The van der Waals surface area contributed by atoms with Crippen LogP contribution in [0.2, 0.25) is 0 Å². The fourth-order valence-electron chi connectivity index (χ4n) is 2.28. The van der Waals surface area contributed by atoms with Crippen LogP contribution in [0.25, 0.3) is 0 Å². The van der Waals surface area contributed by atoms with Crippen molar-refractivity contribution in [1.29, 1.82) is 0 Å². The van der Waals surface area contributed by atoms with Gasteiger partial charge in [0.1, 0.15) is 0 Å². The molecule has 16 heavy (non-hydrogen) atoms. The van der Waals surface area contributed by atoms with Gasteiger partial charge in [-0.15, -0.1) is 0 Å². The summed E-state index contributed by atoms with van der Waals surface area (Å²) in [6.07, 6.45) is 5.69. The minimum atomic E-state index is -0.649. The Hall–Kier alpha value is -0.220. The molecule has 0 radical (unpaired) electrons. The van der Waals surface area contributed by atoms with Crippen molar-refractivity contribution >= 4 is 17.7 Å². The van der Waals surface area contributed by atoms with Gasteiger partial charge in [-0.05, 0) is 43.8 Å². The lowest BCUT2D eigenvalue weighted by atomic mass is 10.1. The van der Waals surface area contributed by atoms with Crippen molar-refractivity contribution in [2.75, 3.05) is 11.5 Å². The molecule has 0 amide bonds. The minimum absolute atomic E-state index is 0.126. The Morgan fingerprint density at radius 3 is 2.75 bits per heavy atom. The molecular formula is C12H20O3S. The van der Waals surface area contributed by atoms with Crippen LogP contribution >= 0.6 is 11.8 Å². The van der Waals surface area contributed by atoms with Gasteiger partial charge >= 0.3 is 5.97 Å². The molecule has 0 aromatic carbocycles. The van der Waals surface area contributed by atoms with E-state index in [1.807, 2.05) is 11.8 Å². The number of rotatable bonds is 6. The van der Waals surface area contributed by atoms with Crippen molar-refractivity contribution in [3.8, 4) is 0 Å². The van der Waals surface area contributed by atoms with E-state index < -0.39 is 5.97 Å². The van der Waals surface area contributed by atoms with E-state index >= 15 is 0 Å². The number of carbonyl (C=O) groups is 1. The average molecular weight is 244 g/mol. The molecule has 1 saturated carbocycles. The van der Waals surface area contributed by atoms with Crippen molar-refractivity contribution < 1.29 is 14.6 Å². The van der Waals surface area contributed by atoms with Crippen LogP contribution in [0, 0.1) is 5.41 Å². The van der Waals surface area contributed by atoms with Gasteiger partial charge in [-0.3, -0.25) is 4.79 Å². The molecule has 1 heterocycles. The van der Waals surface area contributed by atoms with Gasteiger partial charge in [-0.2, -0.15) is 11.8 Å². The molecule has 2 fully saturated rings. The third kappa shape index (κ3) is 3.39. The molecule has 1 aliphatic heterocycles. The molecule has 1 saturated heterocycles. The number of ether oxygens (including phenoxy) is 1. The number of hydrogen-bond acceptors (Lipinski definition) is 3. The Labute approximate surface area is 101 Å². The predicted molar refractivity (Wildman–Crippen MR) is 64.8 cm³/mol. The van der Waals surface area contributed by atoms with Gasteiger partial charge in [0.25, 0.3) is 0 Å². The molecule has 2 rings (SSSR count). The van der Waals surface area contributed by atoms with E-state index in [0.29, 0.717) is 18.6 Å². The molecule has 2 unspecified atom stereocenters. The largest absolute Gasteiger partial charge is 0.481 e. The van der Waals surface area contributed by atoms with Crippen molar-refractivity contribution in [2.24, 2.45) is 5.41 Å². The molecular weight excluding hydrogens is 224 g/mol. The van der Waals surface area contributed by atoms with E-state index in [1.165, 1.54) is 12.8 Å². The maximum atomic E-state index is 10.7. The van der Waals surface area contributed by atoms with Crippen LogP contribution < -0.4 is 0 Å². The molecule has 0 aromatic heterocycles. The van der Waals surface area contributed by atoms with Gasteiger partial charge < -0.3 is 9.84 Å². The summed E-state index contributed by atoms with van der Waals surface area (Å²) < 4.78 is 5.74. The van der Waals surface area contributed by atoms with E-state index in [9.17, 15) is 4.79 Å². The molecule has 0 bridgehead atoms. The first-order chi connectivity index (χ1) is 7.60. The second-order valence-corrected chi connectivity index (χ2v) is 6.26. The minimum Gasteiger partial charge on any atom is -0.481 e. The molecule has 2 atom stereocenters. The molecule has 0 spiro atoms. The van der Waals surface area contributed by atoms with Gasteiger partial charge in [-0.25, -0.2) is 0 Å². The van der Waals surface area contributed by atoms with Gasteiger partial charge in [0.15, 0.2) is 0 Å². The Morgan fingerprint density at radius 2 is 2.25 bits per heavy atom. The second kappa shape index (κ2) is 4.96. The highest BCUT2D eigenvalue weighted by molar-refractivity contribution is 7.99. The zero-order chi connectivity index (χ0) is 11.6. The number of hydrogen-bond donors (Lipinski definition) is 1. The lowest BCUT2D eigenvalue weighted by Crippen LogP contribution is -2.15. The zero-order valence-electron chi connectivity index (χ0n) is 9.78. The van der Waals surface area contributed by atoms with Gasteiger partial charge in [0.2, 0.25) is 0 Å². The first kappa shape index (κ1) is 12.2. The number of carboxylic acids is 1. The molecule has 0 aromatic rings. The molecule has 3 nitrogen and oxygen atoms in total. The maximum absolute atomic E-state index is 10.7. The first-order valence-corrected chi connectivity index (χ1v) is 7.20. The first-order valence-electron chi connectivity index (χ1n) is 6.05. The van der Waals surface area contributed by atoms with Crippen LogP contribution in [0.4, 0.5) is 0 Å². The summed E-state index contributed by atoms with van der Waals surface area (Å²) in [5, 5.41) is 8.80. The normalized spacial score (nSPS) is 31.6. The summed E-state index contributed by atoms with van der Waals surface area (Å²) in [6, 6.07) is 0. The highest BCUT2D eigenvalue weighted by Crippen LogP contribution is 2.51. The molecule has 4 heteroatoms. The third-order valence-corrected chi connectivity index (χ3v) is 4.94. The van der Waals surface area contributed by atoms with E-state index in [4.69, 9.17) is 9.84 Å². The van der Waals surface area contributed by atoms with Crippen LogP contribution in [-0.2, 0) is 9.53 Å². The fraction of sp³-hybridized carbons (Fsp3) is 0.917. The Bertz CT molecular complexity index is 263. The predicted octanol–water partition coefficient (Wildman–Crippen LogP) is 2.54. The Balaban J connectivity index is 1.63. The van der Waals surface area contributed by atoms with Gasteiger partial charge in [0, 0.05) is 5.75 Å². The zero-order valence-corrected chi connectivity index (χ0v) is 10.6. The molecule has 2 aliphatic rings. The summed E-state index contributed by atoms with van der Waals surface area (Å²) in [6.45, 7) is 2.12. The Kier molecular flexibility index (Phi) is 3.80. The highest BCUT2D eigenvalue weighted by Gasteiger charge is 2.44. The van der Waals surface area contributed by atoms with Crippen molar-refractivity contribution in [1.82, 2.24) is 0 Å². The van der Waals surface area contributed by atoms with E-state index in [0.717, 1.165) is 24.3 Å². The lowest BCUT2D eigenvalue weighted by Gasteiger charge is -2.14. The van der Waals surface area contributed by atoms with Crippen LogP contribution in [0.1, 0.15) is 39.0 Å². The summed E-state index contributed by atoms with van der Waals surface area (Å²) >= 11 is 1.88. The number of aliphatic carboxylic acids is 1. The smallest absolute Gasteiger partial charge is 0.303 e. The van der Waals surface area contributed by atoms with Crippen molar-refractivity contribution in [3.05, 3.63) is 0 Å². The summed E-state index contributed by atoms with van der Waals surface area (Å²) in [4.78, 5) is 10.7. The lowest BCUT2D eigenvalue weighted by molar-refractivity contribution is -0.138. The third-order valence-electron chi connectivity index (χ3n) is 3.52. The van der Waals surface area contributed by atoms with Crippen LogP contribution in [0.5, 0.6) is 0 Å². The second-order valence-electron chi connectivity index (χ2n) is 5.23. The van der Waals surface area contributed by atoms with Crippen LogP contribution in [0.3, 0.4) is 0 Å². The summed E-state index contributed by atoms with van der Waals surface area (Å²) in [5.41, 5.74) is 0.126. The molecule has 1 aliphatic carbocycles. The SMILES string of the molecule is CC1CCC(CSCC2(CC(=O)O)CC2)O1. The monoisotopic (exact) mass is 244 g/mol. The van der Waals surface area contributed by atoms with Crippen molar-refractivity contribution in [2.45, 2.75) is 51.2 Å². The fourth-order valence-corrected chi connectivity index (χ4v) is 3.73.